The summed E-state index contributed by atoms with van der Waals surface area (Å²) in [4.78, 5) is 1.47. The van der Waals surface area contributed by atoms with Crippen LogP contribution in [0.1, 0.15) is 38.4 Å². The van der Waals surface area contributed by atoms with E-state index in [1.165, 1.54) is 17.6 Å². The number of nitrogens with zero attached hydrogens (tertiary/aromatic N) is 4. The molecule has 0 aliphatic rings. The van der Waals surface area contributed by atoms with Crippen molar-refractivity contribution in [1.82, 2.24) is 20.2 Å². The first-order valence-electron chi connectivity index (χ1n) is 4.89. The highest BCUT2D eigenvalue weighted by Gasteiger charge is 2.28. The second-order valence-corrected chi connectivity index (χ2v) is 5.55. The van der Waals surface area contributed by atoms with Gasteiger partial charge in [0.2, 0.25) is 5.82 Å². The predicted molar refractivity (Wildman–Crippen MR) is 61.2 cm³/mol. The first kappa shape index (κ1) is 13.0. The molecule has 1 aromatic heterocycles. The maximum atomic E-state index is 5.61. The molecule has 15 heavy (non-hydrogen) atoms. The van der Waals surface area contributed by atoms with E-state index < -0.39 is 3.79 Å². The van der Waals surface area contributed by atoms with Gasteiger partial charge in [0.1, 0.15) is 0 Å². The Kier molecular flexibility index (Phi) is 5.09. The van der Waals surface area contributed by atoms with E-state index in [4.69, 9.17) is 34.8 Å². The highest BCUT2D eigenvalue weighted by molar-refractivity contribution is 6.66. The van der Waals surface area contributed by atoms with Crippen molar-refractivity contribution >= 4 is 34.8 Å². The highest BCUT2D eigenvalue weighted by Crippen LogP contribution is 2.35. The van der Waals surface area contributed by atoms with Crippen molar-refractivity contribution in [3.8, 4) is 0 Å². The highest BCUT2D eigenvalue weighted by atomic mass is 35.6. The van der Waals surface area contributed by atoms with Crippen molar-refractivity contribution in [3.05, 3.63) is 5.82 Å². The van der Waals surface area contributed by atoms with Crippen LogP contribution in [0.2, 0.25) is 0 Å². The van der Waals surface area contributed by atoms with Crippen molar-refractivity contribution in [1.29, 1.82) is 0 Å². The molecule has 86 valence electrons. The summed E-state index contributed by atoms with van der Waals surface area (Å²) in [5.74, 6) is 0.128. The minimum absolute atomic E-state index is 0.128. The smallest absolute Gasteiger partial charge is 0.164 e. The Morgan fingerprint density at radius 3 is 2.47 bits per heavy atom. The number of hydrogen-bond donors (Lipinski definition) is 0. The molecule has 0 unspecified atom stereocenters. The van der Waals surface area contributed by atoms with Crippen molar-refractivity contribution < 1.29 is 0 Å². The van der Waals surface area contributed by atoms with Gasteiger partial charge in [0.15, 0.2) is 0 Å². The Morgan fingerprint density at radius 1 is 1.20 bits per heavy atom. The molecule has 0 fully saturated rings. The van der Waals surface area contributed by atoms with Crippen LogP contribution in [-0.4, -0.2) is 20.2 Å². The molecule has 0 saturated heterocycles. The Bertz CT molecular complexity index is 294. The first-order valence-corrected chi connectivity index (χ1v) is 6.02. The fraction of sp³-hybridized carbons (Fsp3) is 0.875. The molecular weight excluding hydrogens is 258 g/mol. The largest absolute Gasteiger partial charge is 0.253 e. The van der Waals surface area contributed by atoms with E-state index in [-0.39, 0.29) is 5.82 Å². The summed E-state index contributed by atoms with van der Waals surface area (Å²) in [7, 11) is 0. The van der Waals surface area contributed by atoms with E-state index in [2.05, 4.69) is 22.3 Å². The number of aryl methyl sites for hydroxylation is 1. The van der Waals surface area contributed by atoms with Gasteiger partial charge < -0.3 is 0 Å². The van der Waals surface area contributed by atoms with E-state index in [0.29, 0.717) is 6.54 Å². The molecule has 4 nitrogen and oxygen atoms in total. The molecule has 1 aromatic rings. The standard InChI is InChI=1S/C8H13Cl3N4/c1-2-3-4-5-6-15-13-7(12-14-15)8(9,10)11/h2-6H2,1H3. The summed E-state index contributed by atoms with van der Waals surface area (Å²) in [6.07, 6.45) is 4.58. The van der Waals surface area contributed by atoms with Crippen LogP contribution in [0.25, 0.3) is 0 Å². The van der Waals surface area contributed by atoms with E-state index in [1.807, 2.05) is 0 Å². The molecule has 1 heterocycles. The molecule has 0 aliphatic heterocycles. The number of tetrazole rings is 1. The molecule has 0 bridgehead atoms. The maximum Gasteiger partial charge on any atom is 0.253 e. The average Bonchev–Trinajstić information content (AvgIpc) is 2.60. The number of hydrogen-bond acceptors (Lipinski definition) is 3. The number of rotatable bonds is 5. The quantitative estimate of drug-likeness (QED) is 0.610. The third-order valence-corrected chi connectivity index (χ3v) is 2.43. The Labute approximate surface area is 104 Å². The van der Waals surface area contributed by atoms with Gasteiger partial charge in [-0.3, -0.25) is 0 Å². The Morgan fingerprint density at radius 2 is 1.93 bits per heavy atom. The molecule has 1 rings (SSSR count). The molecule has 0 N–H and O–H groups in total. The lowest BCUT2D eigenvalue weighted by Gasteiger charge is -2.02. The summed E-state index contributed by atoms with van der Waals surface area (Å²) < 4.78 is -1.58. The van der Waals surface area contributed by atoms with E-state index >= 15 is 0 Å². The van der Waals surface area contributed by atoms with Crippen LogP contribution >= 0.6 is 34.8 Å². The molecular formula is C8H13Cl3N4. The Hall–Kier alpha value is -0.0600. The van der Waals surface area contributed by atoms with Crippen molar-refractivity contribution in [2.45, 2.75) is 42.9 Å². The van der Waals surface area contributed by atoms with Crippen LogP contribution in [0.4, 0.5) is 0 Å². The van der Waals surface area contributed by atoms with Gasteiger partial charge in [-0.15, -0.1) is 10.2 Å². The van der Waals surface area contributed by atoms with Crippen LogP contribution in [0.5, 0.6) is 0 Å². The van der Waals surface area contributed by atoms with Crippen molar-refractivity contribution in [2.75, 3.05) is 0 Å². The second kappa shape index (κ2) is 5.87. The Balaban J connectivity index is 2.40. The van der Waals surface area contributed by atoms with Crippen molar-refractivity contribution in [2.24, 2.45) is 0 Å². The number of unbranched alkanes of at least 4 members (excludes halogenated alkanes) is 3. The van der Waals surface area contributed by atoms with Crippen molar-refractivity contribution in [3.63, 3.8) is 0 Å². The number of halogens is 3. The maximum absolute atomic E-state index is 5.61. The SMILES string of the molecule is CCCCCCn1nnc(C(Cl)(Cl)Cl)n1. The summed E-state index contributed by atoms with van der Waals surface area (Å²) in [5.41, 5.74) is 0. The summed E-state index contributed by atoms with van der Waals surface area (Å²) in [6, 6.07) is 0. The zero-order valence-corrected chi connectivity index (χ0v) is 10.7. The van der Waals surface area contributed by atoms with Gasteiger partial charge in [-0.1, -0.05) is 61.0 Å². The van der Waals surface area contributed by atoms with Gasteiger partial charge in [0.05, 0.1) is 6.54 Å². The topological polar surface area (TPSA) is 43.6 Å². The minimum atomic E-state index is -1.58. The van der Waals surface area contributed by atoms with Crippen LogP contribution in [0.3, 0.4) is 0 Å². The predicted octanol–water partition coefficient (Wildman–Crippen LogP) is 3.08. The van der Waals surface area contributed by atoms with E-state index in [9.17, 15) is 0 Å². The van der Waals surface area contributed by atoms with Crippen LogP contribution in [-0.2, 0) is 10.3 Å². The van der Waals surface area contributed by atoms with E-state index in [0.717, 1.165) is 12.8 Å². The lowest BCUT2D eigenvalue weighted by Crippen LogP contribution is -2.06. The molecule has 0 aliphatic carbocycles. The molecule has 0 atom stereocenters. The van der Waals surface area contributed by atoms with E-state index in [1.54, 1.807) is 0 Å². The number of alkyl halides is 3. The average molecular weight is 272 g/mol. The number of aromatic nitrogens is 4. The lowest BCUT2D eigenvalue weighted by atomic mass is 10.2. The molecule has 7 heteroatoms. The fourth-order valence-corrected chi connectivity index (χ4v) is 1.36. The third-order valence-electron chi connectivity index (χ3n) is 1.92. The molecule has 0 radical (unpaired) electrons. The minimum Gasteiger partial charge on any atom is -0.164 e. The van der Waals surface area contributed by atoms with Crippen LogP contribution in [0.15, 0.2) is 0 Å². The first-order chi connectivity index (χ1) is 7.04. The molecule has 0 amide bonds. The monoisotopic (exact) mass is 270 g/mol. The summed E-state index contributed by atoms with van der Waals surface area (Å²) >= 11 is 16.8. The molecule has 0 spiro atoms. The normalized spacial score (nSPS) is 12.0. The van der Waals surface area contributed by atoms with Gasteiger partial charge in [-0.05, 0) is 11.6 Å². The fourth-order valence-electron chi connectivity index (χ4n) is 1.13. The molecule has 0 aromatic carbocycles. The summed E-state index contributed by atoms with van der Waals surface area (Å²) in [6.45, 7) is 2.88. The van der Waals surface area contributed by atoms with Gasteiger partial charge in [-0.25, -0.2) is 0 Å². The van der Waals surface area contributed by atoms with Gasteiger partial charge in [0.25, 0.3) is 3.79 Å². The zero-order valence-electron chi connectivity index (χ0n) is 8.46. The third kappa shape index (κ3) is 4.53. The van der Waals surface area contributed by atoms with Gasteiger partial charge >= 0.3 is 0 Å². The summed E-state index contributed by atoms with van der Waals surface area (Å²) in [5, 5.41) is 11.5. The van der Waals surface area contributed by atoms with Crippen LogP contribution < -0.4 is 0 Å². The zero-order chi connectivity index (χ0) is 11.3. The van der Waals surface area contributed by atoms with Crippen LogP contribution in [0, 0.1) is 0 Å². The molecule has 0 saturated carbocycles. The second-order valence-electron chi connectivity index (χ2n) is 3.27. The van der Waals surface area contributed by atoms with Gasteiger partial charge in [0, 0.05) is 0 Å². The van der Waals surface area contributed by atoms with Gasteiger partial charge in [-0.2, -0.15) is 4.80 Å². The lowest BCUT2D eigenvalue weighted by molar-refractivity contribution is 0.479.